The van der Waals surface area contributed by atoms with Crippen molar-refractivity contribution in [3.63, 3.8) is 0 Å². The molecule has 4 aromatic carbocycles. The van der Waals surface area contributed by atoms with Crippen molar-refractivity contribution in [3.8, 4) is 0 Å². The minimum Gasteiger partial charge on any atom is -0.214 e. The molecule has 0 unspecified atom stereocenters. The molecule has 112 valence electrons. The second-order valence-electron chi connectivity index (χ2n) is 4.08. The molecule has 0 spiro atoms. The van der Waals surface area contributed by atoms with Crippen molar-refractivity contribution in [3.05, 3.63) is 133 Å². The van der Waals surface area contributed by atoms with Crippen LogP contribution in [0.2, 0.25) is 0 Å². The summed E-state index contributed by atoms with van der Waals surface area (Å²) >= 11 is 0. The molecular formula is C22H20Hf. The van der Waals surface area contributed by atoms with E-state index in [0.29, 0.717) is 0 Å². The van der Waals surface area contributed by atoms with Crippen LogP contribution in [0.1, 0.15) is 0 Å². The normalized spacial score (nSPS) is 7.65. The summed E-state index contributed by atoms with van der Waals surface area (Å²) in [4.78, 5) is 0. The van der Waals surface area contributed by atoms with Crippen molar-refractivity contribution in [2.24, 2.45) is 0 Å². The molecule has 0 aliphatic rings. The number of rotatable bonds is 0. The van der Waals surface area contributed by atoms with Crippen LogP contribution in [0.3, 0.4) is 0 Å². The first-order valence-corrected chi connectivity index (χ1v) is 7.15. The van der Waals surface area contributed by atoms with E-state index in [2.05, 4.69) is 12.1 Å². The Morgan fingerprint density at radius 1 is 0.391 bits per heavy atom. The predicted molar refractivity (Wildman–Crippen MR) is 94.6 cm³/mol. The van der Waals surface area contributed by atoms with Gasteiger partial charge in [0.05, 0.1) is 0 Å². The molecule has 0 aliphatic carbocycles. The molecule has 0 saturated heterocycles. The summed E-state index contributed by atoms with van der Waals surface area (Å²) in [7, 11) is 0. The molecule has 0 fully saturated rings. The molecule has 0 aliphatic heterocycles. The zero-order valence-corrected chi connectivity index (χ0v) is 16.6. The molecule has 0 heterocycles. The summed E-state index contributed by atoms with van der Waals surface area (Å²) in [5.41, 5.74) is 0. The van der Waals surface area contributed by atoms with Crippen LogP contribution in [0.15, 0.2) is 121 Å². The Morgan fingerprint density at radius 3 is 0.783 bits per heavy atom. The molecular weight excluding hydrogens is 443 g/mol. The predicted octanol–water partition coefficient (Wildman–Crippen LogP) is 5.78. The fourth-order valence-corrected chi connectivity index (χ4v) is 1.33. The molecule has 0 radical (unpaired) electrons. The van der Waals surface area contributed by atoms with E-state index in [-0.39, 0.29) is 25.8 Å². The average molecular weight is 463 g/mol. The van der Waals surface area contributed by atoms with Gasteiger partial charge in [-0.05, 0) is 0 Å². The Bertz CT molecular complexity index is 435. The van der Waals surface area contributed by atoms with Gasteiger partial charge in [-0.2, -0.15) is 109 Å². The van der Waals surface area contributed by atoms with Crippen LogP contribution >= 0.6 is 0 Å². The molecule has 0 bridgehead atoms. The molecule has 0 atom stereocenters. The molecule has 0 aromatic heterocycles. The monoisotopic (exact) mass is 464 g/mol. The van der Waals surface area contributed by atoms with Crippen molar-refractivity contribution in [2.45, 2.75) is 0 Å². The van der Waals surface area contributed by atoms with Gasteiger partial charge in [-0.15, -0.1) is 0 Å². The molecule has 0 N–H and O–H groups in total. The smallest absolute Gasteiger partial charge is 0.214 e. The summed E-state index contributed by atoms with van der Waals surface area (Å²) in [6.45, 7) is 0. The van der Waals surface area contributed by atoms with E-state index in [1.165, 1.54) is 0 Å². The van der Waals surface area contributed by atoms with Gasteiger partial charge in [-0.1, -0.05) is 0 Å². The van der Waals surface area contributed by atoms with Crippen molar-refractivity contribution in [1.29, 1.82) is 0 Å². The van der Waals surface area contributed by atoms with Crippen molar-refractivity contribution in [2.75, 3.05) is 0 Å². The third kappa shape index (κ3) is 16.2. The standard InChI is InChI=1S/2C6H5.2C5H5.Hf/c2*1-2-4-6-5-3-1;2*1-2-4-5-3-1;/h2*1-5H;2*1-5H;/q4*-1;+4. The van der Waals surface area contributed by atoms with Crippen LogP contribution in [0.4, 0.5) is 0 Å². The summed E-state index contributed by atoms with van der Waals surface area (Å²) in [5, 5.41) is 0. The molecule has 4 aromatic rings. The maximum Gasteiger partial charge on any atom is 4.00 e. The second kappa shape index (κ2) is 18.1. The Balaban J connectivity index is 0.000000278. The first-order chi connectivity index (χ1) is 11.0. The van der Waals surface area contributed by atoms with Gasteiger partial charge in [0.2, 0.25) is 0 Å². The third-order valence-corrected chi connectivity index (χ3v) is 2.33. The summed E-state index contributed by atoms with van der Waals surface area (Å²) < 4.78 is 0. The Labute approximate surface area is 159 Å². The summed E-state index contributed by atoms with van der Waals surface area (Å²) in [6, 6.07) is 45.0. The molecule has 23 heavy (non-hydrogen) atoms. The quantitative estimate of drug-likeness (QED) is 0.229. The van der Waals surface area contributed by atoms with Crippen LogP contribution < -0.4 is 0 Å². The molecule has 0 nitrogen and oxygen atoms in total. The van der Waals surface area contributed by atoms with Gasteiger partial charge in [0.1, 0.15) is 0 Å². The molecule has 1 heteroatoms. The van der Waals surface area contributed by atoms with E-state index in [9.17, 15) is 0 Å². The molecule has 0 amide bonds. The van der Waals surface area contributed by atoms with Gasteiger partial charge in [-0.3, -0.25) is 0 Å². The maximum absolute atomic E-state index is 2.89. The SMILES string of the molecule is [Hf+4].[c-]1ccccc1.[c-]1ccccc1.c1cc[cH-]c1.c1cc[cH-]c1. The van der Waals surface area contributed by atoms with Gasteiger partial charge in [0, 0.05) is 0 Å². The molecule has 4 rings (SSSR count). The minimum absolute atomic E-state index is 0. The van der Waals surface area contributed by atoms with E-state index >= 15 is 0 Å². The first-order valence-electron chi connectivity index (χ1n) is 7.15. The van der Waals surface area contributed by atoms with E-state index < -0.39 is 0 Å². The average Bonchev–Trinajstić information content (AvgIpc) is 3.37. The minimum atomic E-state index is 0. The van der Waals surface area contributed by atoms with Gasteiger partial charge < -0.3 is 0 Å². The zero-order chi connectivity index (χ0) is 15.6. The largest absolute Gasteiger partial charge is 4.00 e. The van der Waals surface area contributed by atoms with Gasteiger partial charge >= 0.3 is 25.8 Å². The Kier molecular flexibility index (Phi) is 16.5. The Hall–Kier alpha value is -1.99. The van der Waals surface area contributed by atoms with Crippen molar-refractivity contribution < 1.29 is 25.8 Å². The van der Waals surface area contributed by atoms with Gasteiger partial charge in [0.15, 0.2) is 0 Å². The van der Waals surface area contributed by atoms with E-state index in [0.717, 1.165) is 0 Å². The maximum atomic E-state index is 2.89. The second-order valence-corrected chi connectivity index (χ2v) is 4.08. The first kappa shape index (κ1) is 21.0. The van der Waals surface area contributed by atoms with Crippen LogP contribution in [0.5, 0.6) is 0 Å². The number of benzene rings is 2. The van der Waals surface area contributed by atoms with Gasteiger partial charge in [-0.25, -0.2) is 24.3 Å². The van der Waals surface area contributed by atoms with Crippen LogP contribution in [-0.4, -0.2) is 0 Å². The van der Waals surface area contributed by atoms with Crippen molar-refractivity contribution >= 4 is 0 Å². The van der Waals surface area contributed by atoms with E-state index in [1.807, 2.05) is 121 Å². The fraction of sp³-hybridized carbons (Fsp3) is 0. The van der Waals surface area contributed by atoms with E-state index in [4.69, 9.17) is 0 Å². The third-order valence-electron chi connectivity index (χ3n) is 2.33. The van der Waals surface area contributed by atoms with Crippen molar-refractivity contribution in [1.82, 2.24) is 0 Å². The van der Waals surface area contributed by atoms with Crippen LogP contribution in [0, 0.1) is 12.1 Å². The van der Waals surface area contributed by atoms with Crippen LogP contribution in [-0.2, 0) is 25.8 Å². The number of hydrogen-bond acceptors (Lipinski definition) is 0. The van der Waals surface area contributed by atoms with Gasteiger partial charge in [0.25, 0.3) is 0 Å². The summed E-state index contributed by atoms with van der Waals surface area (Å²) in [6.07, 6.45) is 0. The van der Waals surface area contributed by atoms with E-state index in [1.54, 1.807) is 0 Å². The summed E-state index contributed by atoms with van der Waals surface area (Å²) in [5.74, 6) is 0. The topological polar surface area (TPSA) is 0 Å². The molecule has 0 saturated carbocycles. The van der Waals surface area contributed by atoms with Crippen LogP contribution in [0.25, 0.3) is 0 Å². The fourth-order valence-electron chi connectivity index (χ4n) is 1.33. The zero-order valence-electron chi connectivity index (χ0n) is 13.0. The number of hydrogen-bond donors (Lipinski definition) is 0. The Morgan fingerprint density at radius 2 is 0.696 bits per heavy atom.